The fourth-order valence-electron chi connectivity index (χ4n) is 3.08. The van der Waals surface area contributed by atoms with Crippen LogP contribution in [0.3, 0.4) is 0 Å². The van der Waals surface area contributed by atoms with Gasteiger partial charge in [-0.3, -0.25) is 4.79 Å². The third-order valence-electron chi connectivity index (χ3n) is 4.61. The maximum absolute atomic E-state index is 12.4. The third kappa shape index (κ3) is 5.35. The van der Waals surface area contributed by atoms with Gasteiger partial charge in [0.15, 0.2) is 16.7 Å². The summed E-state index contributed by atoms with van der Waals surface area (Å²) < 4.78 is 11.4. The molecule has 0 saturated carbocycles. The number of amidine groups is 1. The first-order chi connectivity index (χ1) is 15.1. The van der Waals surface area contributed by atoms with Crippen LogP contribution in [-0.2, 0) is 11.4 Å². The Labute approximate surface area is 185 Å². The summed E-state index contributed by atoms with van der Waals surface area (Å²) in [4.78, 5) is 17.5. The minimum Gasteiger partial charge on any atom is -0.493 e. The molecule has 31 heavy (non-hydrogen) atoms. The van der Waals surface area contributed by atoms with Gasteiger partial charge in [-0.15, -0.1) is 0 Å². The number of hydrogen-bond donors (Lipinski definition) is 1. The van der Waals surface area contributed by atoms with Gasteiger partial charge in [0, 0.05) is 0 Å². The van der Waals surface area contributed by atoms with E-state index in [-0.39, 0.29) is 5.91 Å². The number of aryl methyl sites for hydroxylation is 1. The summed E-state index contributed by atoms with van der Waals surface area (Å²) in [6.45, 7) is 2.46. The van der Waals surface area contributed by atoms with Gasteiger partial charge in [-0.25, -0.2) is 4.99 Å². The highest BCUT2D eigenvalue weighted by Crippen LogP contribution is 2.32. The molecule has 6 heteroatoms. The molecule has 1 saturated heterocycles. The fourth-order valence-corrected chi connectivity index (χ4v) is 3.92. The van der Waals surface area contributed by atoms with Crippen LogP contribution in [0.4, 0.5) is 5.69 Å². The second-order valence-electron chi connectivity index (χ2n) is 7.01. The third-order valence-corrected chi connectivity index (χ3v) is 5.52. The van der Waals surface area contributed by atoms with Crippen LogP contribution in [0.5, 0.6) is 11.5 Å². The number of nitrogens with zero attached hydrogens (tertiary/aromatic N) is 1. The summed E-state index contributed by atoms with van der Waals surface area (Å²) >= 11 is 1.32. The monoisotopic (exact) mass is 430 g/mol. The first kappa shape index (κ1) is 20.8. The zero-order valence-electron chi connectivity index (χ0n) is 17.3. The molecule has 0 spiro atoms. The van der Waals surface area contributed by atoms with Gasteiger partial charge in [-0.1, -0.05) is 48.5 Å². The molecular formula is C25H22N2O3S. The van der Waals surface area contributed by atoms with Gasteiger partial charge in [0.25, 0.3) is 5.91 Å². The van der Waals surface area contributed by atoms with E-state index in [4.69, 9.17) is 9.47 Å². The molecule has 1 aliphatic heterocycles. The topological polar surface area (TPSA) is 59.9 Å². The van der Waals surface area contributed by atoms with Crippen molar-refractivity contribution >= 4 is 34.6 Å². The van der Waals surface area contributed by atoms with Crippen molar-refractivity contribution in [2.75, 3.05) is 7.11 Å². The molecular weight excluding hydrogens is 408 g/mol. The van der Waals surface area contributed by atoms with E-state index >= 15 is 0 Å². The van der Waals surface area contributed by atoms with E-state index in [0.717, 1.165) is 22.4 Å². The van der Waals surface area contributed by atoms with Crippen molar-refractivity contribution in [3.63, 3.8) is 0 Å². The average Bonchev–Trinajstić information content (AvgIpc) is 3.11. The Morgan fingerprint density at radius 1 is 1.00 bits per heavy atom. The second kappa shape index (κ2) is 9.53. The van der Waals surface area contributed by atoms with Crippen LogP contribution in [-0.4, -0.2) is 18.2 Å². The van der Waals surface area contributed by atoms with E-state index in [1.54, 1.807) is 7.11 Å². The Hall–Kier alpha value is -3.51. The largest absolute Gasteiger partial charge is 0.493 e. The van der Waals surface area contributed by atoms with E-state index in [1.165, 1.54) is 11.8 Å². The summed E-state index contributed by atoms with van der Waals surface area (Å²) in [5, 5.41) is 3.39. The highest BCUT2D eigenvalue weighted by atomic mass is 32.2. The van der Waals surface area contributed by atoms with Crippen molar-refractivity contribution in [2.45, 2.75) is 13.5 Å². The molecule has 1 fully saturated rings. The van der Waals surface area contributed by atoms with Gasteiger partial charge in [-0.2, -0.15) is 0 Å². The summed E-state index contributed by atoms with van der Waals surface area (Å²) in [5.74, 6) is 1.10. The molecule has 3 aromatic carbocycles. The van der Waals surface area contributed by atoms with Gasteiger partial charge in [0.1, 0.15) is 6.61 Å². The molecule has 0 bridgehead atoms. The van der Waals surface area contributed by atoms with Gasteiger partial charge in [0.2, 0.25) is 0 Å². The maximum Gasteiger partial charge on any atom is 0.264 e. The molecule has 156 valence electrons. The van der Waals surface area contributed by atoms with Crippen LogP contribution < -0.4 is 14.8 Å². The molecule has 0 radical (unpaired) electrons. The zero-order valence-corrected chi connectivity index (χ0v) is 18.1. The lowest BCUT2D eigenvalue weighted by Crippen LogP contribution is -2.19. The number of thioether (sulfide) groups is 1. The molecule has 1 amide bonds. The minimum atomic E-state index is -0.167. The Morgan fingerprint density at radius 3 is 2.61 bits per heavy atom. The predicted molar refractivity (Wildman–Crippen MR) is 126 cm³/mol. The lowest BCUT2D eigenvalue weighted by atomic mass is 10.2. The standard InChI is InChI=1S/C25H22N2O3S/c1-17-7-6-10-20(13-17)26-25-27-24(28)23(31-25)15-19-11-12-21(22(14-19)29-2)30-16-18-8-4-3-5-9-18/h3-15H,16H2,1-2H3,(H,26,27,28)/b23-15-. The maximum atomic E-state index is 12.4. The first-order valence-corrected chi connectivity index (χ1v) is 10.6. The lowest BCUT2D eigenvalue weighted by molar-refractivity contribution is -0.115. The van der Waals surface area contributed by atoms with Crippen molar-refractivity contribution < 1.29 is 14.3 Å². The number of carbonyl (C=O) groups is 1. The van der Waals surface area contributed by atoms with E-state index in [2.05, 4.69) is 10.3 Å². The van der Waals surface area contributed by atoms with E-state index in [0.29, 0.717) is 28.2 Å². The number of ether oxygens (including phenoxy) is 2. The number of hydrogen-bond acceptors (Lipinski definition) is 5. The molecule has 0 atom stereocenters. The van der Waals surface area contributed by atoms with Gasteiger partial charge < -0.3 is 14.8 Å². The van der Waals surface area contributed by atoms with Gasteiger partial charge >= 0.3 is 0 Å². The Morgan fingerprint density at radius 2 is 1.84 bits per heavy atom. The normalized spacial score (nSPS) is 15.9. The SMILES string of the molecule is COc1cc(/C=C2\SC(=Nc3cccc(C)c3)NC2=O)ccc1OCc1ccccc1. The molecule has 1 N–H and O–H groups in total. The van der Waals surface area contributed by atoms with Crippen LogP contribution in [0, 0.1) is 6.92 Å². The molecule has 3 aromatic rings. The summed E-state index contributed by atoms with van der Waals surface area (Å²) in [7, 11) is 1.60. The van der Waals surface area contributed by atoms with Crippen molar-refractivity contribution in [3.8, 4) is 11.5 Å². The number of nitrogens with one attached hydrogen (secondary N) is 1. The molecule has 4 rings (SSSR count). The summed E-state index contributed by atoms with van der Waals surface area (Å²) in [5.41, 5.74) is 3.85. The van der Waals surface area contributed by atoms with Crippen LogP contribution in [0.1, 0.15) is 16.7 Å². The Kier molecular flexibility index (Phi) is 6.38. The summed E-state index contributed by atoms with van der Waals surface area (Å²) in [6.07, 6.45) is 1.82. The molecule has 1 heterocycles. The highest BCUT2D eigenvalue weighted by molar-refractivity contribution is 8.18. The number of methoxy groups -OCH3 is 1. The van der Waals surface area contributed by atoms with Crippen molar-refractivity contribution in [1.29, 1.82) is 0 Å². The Balaban J connectivity index is 1.49. The first-order valence-electron chi connectivity index (χ1n) is 9.82. The van der Waals surface area contributed by atoms with Crippen molar-refractivity contribution in [1.82, 2.24) is 5.32 Å². The van der Waals surface area contributed by atoms with Gasteiger partial charge in [-0.05, 0) is 65.7 Å². The van der Waals surface area contributed by atoms with Crippen LogP contribution in [0.15, 0.2) is 82.7 Å². The van der Waals surface area contributed by atoms with E-state index in [1.807, 2.05) is 85.8 Å². The van der Waals surface area contributed by atoms with Crippen LogP contribution in [0.2, 0.25) is 0 Å². The fraction of sp³-hybridized carbons (Fsp3) is 0.120. The number of amides is 1. The molecule has 0 unspecified atom stereocenters. The minimum absolute atomic E-state index is 0.167. The van der Waals surface area contributed by atoms with Crippen molar-refractivity contribution in [2.24, 2.45) is 4.99 Å². The molecule has 1 aliphatic rings. The number of aliphatic imine (C=N–C) groups is 1. The number of rotatable bonds is 6. The van der Waals surface area contributed by atoms with Crippen LogP contribution >= 0.6 is 11.8 Å². The zero-order chi connectivity index (χ0) is 21.6. The second-order valence-corrected chi connectivity index (χ2v) is 8.04. The van der Waals surface area contributed by atoms with Crippen LogP contribution in [0.25, 0.3) is 6.08 Å². The van der Waals surface area contributed by atoms with E-state index in [9.17, 15) is 4.79 Å². The smallest absolute Gasteiger partial charge is 0.264 e. The molecule has 5 nitrogen and oxygen atoms in total. The van der Waals surface area contributed by atoms with E-state index < -0.39 is 0 Å². The van der Waals surface area contributed by atoms with Crippen molar-refractivity contribution in [3.05, 3.63) is 94.4 Å². The average molecular weight is 431 g/mol. The number of carbonyl (C=O) groups excluding carboxylic acids is 1. The summed E-state index contributed by atoms with van der Waals surface area (Å²) in [6, 6.07) is 23.4. The predicted octanol–water partition coefficient (Wildman–Crippen LogP) is 5.47. The highest BCUT2D eigenvalue weighted by Gasteiger charge is 2.24. The Bertz CT molecular complexity index is 1160. The quantitative estimate of drug-likeness (QED) is 0.527. The lowest BCUT2D eigenvalue weighted by Gasteiger charge is -2.11. The molecule has 0 aliphatic carbocycles. The molecule has 0 aromatic heterocycles. The van der Waals surface area contributed by atoms with Gasteiger partial charge in [0.05, 0.1) is 17.7 Å². The number of benzene rings is 3.